The summed E-state index contributed by atoms with van der Waals surface area (Å²) in [6.45, 7) is 5.64. The van der Waals surface area contributed by atoms with Gasteiger partial charge < -0.3 is 5.32 Å². The van der Waals surface area contributed by atoms with Crippen LogP contribution in [0.3, 0.4) is 0 Å². The molecule has 1 aromatic rings. The summed E-state index contributed by atoms with van der Waals surface area (Å²) >= 11 is 3.88. The molecule has 0 saturated carbocycles. The largest absolute Gasteiger partial charge is 0.314 e. The molecule has 0 aliphatic carbocycles. The van der Waals surface area contributed by atoms with E-state index in [4.69, 9.17) is 0 Å². The van der Waals surface area contributed by atoms with Gasteiger partial charge in [-0.15, -0.1) is 11.3 Å². The molecule has 0 radical (unpaired) electrons. The summed E-state index contributed by atoms with van der Waals surface area (Å²) in [7, 11) is 0. The Bertz CT molecular complexity index is 234. The first kappa shape index (κ1) is 13.1. The van der Waals surface area contributed by atoms with Crippen LogP contribution in [0, 0.1) is 0 Å². The van der Waals surface area contributed by atoms with E-state index in [1.165, 1.54) is 29.2 Å². The molecule has 0 aliphatic heterocycles. The maximum Gasteiger partial charge on any atom is 0.00870 e. The molecule has 1 atom stereocenters. The van der Waals surface area contributed by atoms with Crippen LogP contribution in [0.15, 0.2) is 17.5 Å². The van der Waals surface area contributed by atoms with Crippen LogP contribution in [0.25, 0.3) is 0 Å². The van der Waals surface area contributed by atoms with Gasteiger partial charge in [0.2, 0.25) is 0 Å². The number of thiophene rings is 1. The molecule has 1 aromatic heterocycles. The third-order valence-electron chi connectivity index (χ3n) is 2.25. The van der Waals surface area contributed by atoms with Crippen molar-refractivity contribution in [3.63, 3.8) is 0 Å². The van der Waals surface area contributed by atoms with Crippen LogP contribution >= 0.6 is 23.1 Å². The third kappa shape index (κ3) is 6.23. The van der Waals surface area contributed by atoms with E-state index in [1.807, 2.05) is 23.1 Å². The SMILES string of the molecule is CCSCCCNC(C)Cc1cccs1. The zero-order valence-corrected chi connectivity index (χ0v) is 11.3. The van der Waals surface area contributed by atoms with Gasteiger partial charge in [0.15, 0.2) is 0 Å². The Balaban J connectivity index is 2.01. The van der Waals surface area contributed by atoms with Crippen LogP contribution < -0.4 is 5.32 Å². The number of nitrogens with one attached hydrogen (secondary N) is 1. The highest BCUT2D eigenvalue weighted by Crippen LogP contribution is 2.10. The van der Waals surface area contributed by atoms with E-state index in [-0.39, 0.29) is 0 Å². The lowest BCUT2D eigenvalue weighted by molar-refractivity contribution is 0.548. The summed E-state index contributed by atoms with van der Waals surface area (Å²) in [5, 5.41) is 5.73. The maximum atomic E-state index is 3.57. The van der Waals surface area contributed by atoms with Crippen molar-refractivity contribution in [1.82, 2.24) is 5.32 Å². The molecule has 1 nitrogen and oxygen atoms in total. The molecule has 1 unspecified atom stereocenters. The van der Waals surface area contributed by atoms with Crippen LogP contribution in [0.2, 0.25) is 0 Å². The first-order chi connectivity index (χ1) is 7.33. The van der Waals surface area contributed by atoms with E-state index in [1.54, 1.807) is 0 Å². The molecule has 0 saturated heterocycles. The second-order valence-corrected chi connectivity index (χ2v) is 6.12. The minimum absolute atomic E-state index is 0.607. The number of hydrogen-bond donors (Lipinski definition) is 1. The van der Waals surface area contributed by atoms with Crippen molar-refractivity contribution in [2.75, 3.05) is 18.1 Å². The predicted octanol–water partition coefficient (Wildman–Crippen LogP) is 3.41. The minimum atomic E-state index is 0.607. The van der Waals surface area contributed by atoms with Gasteiger partial charge in [-0.2, -0.15) is 11.8 Å². The molecule has 0 spiro atoms. The minimum Gasteiger partial charge on any atom is -0.314 e. The Labute approximate surface area is 102 Å². The molecule has 3 heteroatoms. The standard InChI is InChI=1S/C12H21NS2/c1-3-14-8-5-7-13-11(2)10-12-6-4-9-15-12/h4,6,9,11,13H,3,5,7-8,10H2,1-2H3. The average molecular weight is 243 g/mol. The molecule has 0 bridgehead atoms. The Hall–Kier alpha value is 0.01000. The fourth-order valence-electron chi connectivity index (χ4n) is 1.47. The summed E-state index contributed by atoms with van der Waals surface area (Å²) < 4.78 is 0. The van der Waals surface area contributed by atoms with Crippen molar-refractivity contribution in [3.8, 4) is 0 Å². The third-order valence-corrected chi connectivity index (χ3v) is 4.13. The summed E-state index contributed by atoms with van der Waals surface area (Å²) in [6.07, 6.45) is 2.45. The van der Waals surface area contributed by atoms with Crippen molar-refractivity contribution in [3.05, 3.63) is 22.4 Å². The van der Waals surface area contributed by atoms with Gasteiger partial charge in [-0.25, -0.2) is 0 Å². The molecule has 0 amide bonds. The molecular formula is C12H21NS2. The van der Waals surface area contributed by atoms with Crippen molar-refractivity contribution in [2.45, 2.75) is 32.7 Å². The first-order valence-electron chi connectivity index (χ1n) is 5.66. The highest BCUT2D eigenvalue weighted by Gasteiger charge is 2.02. The van der Waals surface area contributed by atoms with Gasteiger partial charge in [0.05, 0.1) is 0 Å². The summed E-state index contributed by atoms with van der Waals surface area (Å²) in [5.41, 5.74) is 0. The summed E-state index contributed by atoms with van der Waals surface area (Å²) in [4.78, 5) is 1.48. The van der Waals surface area contributed by atoms with Gasteiger partial charge in [-0.3, -0.25) is 0 Å². The lowest BCUT2D eigenvalue weighted by Gasteiger charge is -2.12. The molecule has 0 aromatic carbocycles. The smallest absolute Gasteiger partial charge is 0.00870 e. The van der Waals surface area contributed by atoms with Crippen LogP contribution in [0.1, 0.15) is 25.1 Å². The number of rotatable bonds is 8. The molecule has 86 valence electrons. The van der Waals surface area contributed by atoms with Gasteiger partial charge in [-0.1, -0.05) is 13.0 Å². The molecule has 15 heavy (non-hydrogen) atoms. The van der Waals surface area contributed by atoms with Gasteiger partial charge >= 0.3 is 0 Å². The first-order valence-corrected chi connectivity index (χ1v) is 7.70. The average Bonchev–Trinajstić information content (AvgIpc) is 2.70. The van der Waals surface area contributed by atoms with Crippen LogP contribution in [0.4, 0.5) is 0 Å². The second kappa shape index (κ2) is 8.20. The summed E-state index contributed by atoms with van der Waals surface area (Å²) in [5.74, 6) is 2.53. The number of thioether (sulfide) groups is 1. The lowest BCUT2D eigenvalue weighted by Crippen LogP contribution is -2.28. The van der Waals surface area contributed by atoms with Crippen molar-refractivity contribution < 1.29 is 0 Å². The van der Waals surface area contributed by atoms with E-state index in [2.05, 4.69) is 36.7 Å². The zero-order chi connectivity index (χ0) is 10.9. The highest BCUT2D eigenvalue weighted by molar-refractivity contribution is 7.99. The fourth-order valence-corrected chi connectivity index (χ4v) is 2.94. The molecule has 1 rings (SSSR count). The molecular weight excluding hydrogens is 222 g/mol. The van der Waals surface area contributed by atoms with Crippen LogP contribution in [-0.4, -0.2) is 24.1 Å². The van der Waals surface area contributed by atoms with Crippen LogP contribution in [-0.2, 0) is 6.42 Å². The van der Waals surface area contributed by atoms with Crippen molar-refractivity contribution in [1.29, 1.82) is 0 Å². The van der Waals surface area contributed by atoms with E-state index < -0.39 is 0 Å². The van der Waals surface area contributed by atoms with Gasteiger partial charge in [0, 0.05) is 10.9 Å². The maximum absolute atomic E-state index is 3.57. The van der Waals surface area contributed by atoms with Gasteiger partial charge in [-0.05, 0) is 49.3 Å². The molecule has 0 aliphatic rings. The van der Waals surface area contributed by atoms with Gasteiger partial charge in [0.1, 0.15) is 0 Å². The van der Waals surface area contributed by atoms with Gasteiger partial charge in [0.25, 0.3) is 0 Å². The van der Waals surface area contributed by atoms with E-state index in [9.17, 15) is 0 Å². The highest BCUT2D eigenvalue weighted by atomic mass is 32.2. The van der Waals surface area contributed by atoms with Crippen molar-refractivity contribution in [2.24, 2.45) is 0 Å². The van der Waals surface area contributed by atoms with E-state index in [0.717, 1.165) is 6.54 Å². The summed E-state index contributed by atoms with van der Waals surface area (Å²) in [6, 6.07) is 4.95. The van der Waals surface area contributed by atoms with Crippen LogP contribution in [0.5, 0.6) is 0 Å². The molecule has 1 N–H and O–H groups in total. The van der Waals surface area contributed by atoms with Crippen molar-refractivity contribution >= 4 is 23.1 Å². The Morgan fingerprint density at radius 2 is 2.40 bits per heavy atom. The predicted molar refractivity (Wildman–Crippen MR) is 73.1 cm³/mol. The topological polar surface area (TPSA) is 12.0 Å². The second-order valence-electron chi connectivity index (χ2n) is 3.69. The van der Waals surface area contributed by atoms with E-state index >= 15 is 0 Å². The number of hydrogen-bond acceptors (Lipinski definition) is 3. The normalized spacial score (nSPS) is 12.9. The fraction of sp³-hybridized carbons (Fsp3) is 0.667. The molecule has 0 fully saturated rings. The molecule has 1 heterocycles. The lowest BCUT2D eigenvalue weighted by atomic mass is 10.2. The quantitative estimate of drug-likeness (QED) is 0.702. The monoisotopic (exact) mass is 243 g/mol. The Kier molecular flexibility index (Phi) is 7.14. The van der Waals surface area contributed by atoms with E-state index in [0.29, 0.717) is 6.04 Å². The zero-order valence-electron chi connectivity index (χ0n) is 9.66. The Morgan fingerprint density at radius 1 is 1.53 bits per heavy atom. The Morgan fingerprint density at radius 3 is 3.07 bits per heavy atom.